The molecule has 6 heteroatoms. The molecule has 0 atom stereocenters. The predicted octanol–water partition coefficient (Wildman–Crippen LogP) is 3.93. The van der Waals surface area contributed by atoms with Crippen LogP contribution in [0.15, 0.2) is 58.3 Å². The zero-order chi connectivity index (χ0) is 16.7. The van der Waals surface area contributed by atoms with Gasteiger partial charge in [0.25, 0.3) is 5.91 Å². The van der Waals surface area contributed by atoms with E-state index in [2.05, 4.69) is 5.32 Å². The number of amides is 1. The molecule has 0 aromatic heterocycles. The highest BCUT2D eigenvalue weighted by Gasteiger charge is 2.14. The number of esters is 1. The molecule has 2 rings (SSSR count). The van der Waals surface area contributed by atoms with Crippen LogP contribution in [-0.2, 0) is 9.53 Å². The monoisotopic (exact) mass is 347 g/mol. The summed E-state index contributed by atoms with van der Waals surface area (Å²) in [6.07, 6.45) is 3.82. The van der Waals surface area contributed by atoms with Crippen LogP contribution in [0.3, 0.4) is 0 Å². The zero-order valence-corrected chi connectivity index (χ0v) is 14.5. The van der Waals surface area contributed by atoms with Gasteiger partial charge in [-0.1, -0.05) is 24.3 Å². The quantitative estimate of drug-likeness (QED) is 0.634. The van der Waals surface area contributed by atoms with Gasteiger partial charge in [-0.3, -0.25) is 4.79 Å². The fraction of sp³-hybridized carbons (Fsp3) is 0.176. The molecule has 120 valence electrons. The number of para-hydroxylation sites is 1. The van der Waals surface area contributed by atoms with Crippen LogP contribution < -0.4 is 5.32 Å². The molecule has 1 amide bonds. The van der Waals surface area contributed by atoms with Crippen LogP contribution >= 0.6 is 23.5 Å². The van der Waals surface area contributed by atoms with Crippen molar-refractivity contribution < 1.29 is 14.3 Å². The van der Waals surface area contributed by atoms with Gasteiger partial charge in [0.2, 0.25) is 0 Å². The Hall–Kier alpha value is -1.92. The van der Waals surface area contributed by atoms with Crippen molar-refractivity contribution in [1.82, 2.24) is 0 Å². The van der Waals surface area contributed by atoms with E-state index in [1.165, 1.54) is 23.5 Å². The Bertz CT molecular complexity index is 704. The van der Waals surface area contributed by atoms with Gasteiger partial charge >= 0.3 is 5.97 Å². The number of ether oxygens (including phenoxy) is 1. The lowest BCUT2D eigenvalue weighted by Crippen LogP contribution is -2.21. The molecule has 2 aromatic rings. The first-order valence-electron chi connectivity index (χ1n) is 6.88. The van der Waals surface area contributed by atoms with Crippen LogP contribution in [0, 0.1) is 0 Å². The van der Waals surface area contributed by atoms with Crippen molar-refractivity contribution in [3.8, 4) is 0 Å². The van der Waals surface area contributed by atoms with Crippen molar-refractivity contribution in [3.05, 3.63) is 54.1 Å². The second-order valence-electron chi connectivity index (χ2n) is 4.52. The number of nitrogens with one attached hydrogen (secondary N) is 1. The van der Waals surface area contributed by atoms with E-state index in [9.17, 15) is 9.59 Å². The van der Waals surface area contributed by atoms with Crippen LogP contribution in [0.4, 0.5) is 5.69 Å². The second kappa shape index (κ2) is 8.64. The fourth-order valence-corrected chi connectivity index (χ4v) is 3.10. The van der Waals surface area contributed by atoms with Gasteiger partial charge in [-0.15, -0.1) is 23.5 Å². The van der Waals surface area contributed by atoms with E-state index in [0.29, 0.717) is 11.3 Å². The van der Waals surface area contributed by atoms with Gasteiger partial charge in [-0.25, -0.2) is 4.79 Å². The van der Waals surface area contributed by atoms with Crippen molar-refractivity contribution >= 4 is 41.1 Å². The highest BCUT2D eigenvalue weighted by atomic mass is 32.2. The maximum atomic E-state index is 12.1. The third-order valence-electron chi connectivity index (χ3n) is 3.04. The summed E-state index contributed by atoms with van der Waals surface area (Å²) >= 11 is 3.00. The molecule has 4 nitrogen and oxygen atoms in total. The molecule has 0 heterocycles. The molecule has 0 aliphatic carbocycles. The van der Waals surface area contributed by atoms with Crippen molar-refractivity contribution in [2.45, 2.75) is 9.79 Å². The standard InChI is InChI=1S/C17H17NO3S2/c1-22-14-9-5-3-7-12(14)17(20)21-11-16(19)18-13-8-4-6-10-15(13)23-2/h3-10H,11H2,1-2H3,(H,18,19). The maximum Gasteiger partial charge on any atom is 0.339 e. The number of hydrogen-bond acceptors (Lipinski definition) is 5. The van der Waals surface area contributed by atoms with Gasteiger partial charge in [-0.05, 0) is 36.8 Å². The topological polar surface area (TPSA) is 55.4 Å². The summed E-state index contributed by atoms with van der Waals surface area (Å²) in [5.74, 6) is -0.857. The Morgan fingerprint density at radius 1 is 0.957 bits per heavy atom. The van der Waals surface area contributed by atoms with Gasteiger partial charge in [0.15, 0.2) is 6.61 Å². The minimum Gasteiger partial charge on any atom is -0.452 e. The first-order valence-corrected chi connectivity index (χ1v) is 9.33. The number of anilines is 1. The number of carbonyl (C=O) groups is 2. The van der Waals surface area contributed by atoms with Crippen LogP contribution in [0.5, 0.6) is 0 Å². The third-order valence-corrected chi connectivity index (χ3v) is 4.63. The number of hydrogen-bond donors (Lipinski definition) is 1. The summed E-state index contributed by atoms with van der Waals surface area (Å²) in [4.78, 5) is 25.8. The van der Waals surface area contributed by atoms with Gasteiger partial charge in [0, 0.05) is 9.79 Å². The summed E-state index contributed by atoms with van der Waals surface area (Å²) in [5.41, 5.74) is 1.18. The van der Waals surface area contributed by atoms with Gasteiger partial charge in [0.1, 0.15) is 0 Å². The minimum atomic E-state index is -0.497. The Morgan fingerprint density at radius 3 is 2.26 bits per heavy atom. The molecule has 1 N–H and O–H groups in total. The molecule has 0 bridgehead atoms. The normalized spacial score (nSPS) is 10.2. The highest BCUT2D eigenvalue weighted by molar-refractivity contribution is 7.99. The van der Waals surface area contributed by atoms with Crippen molar-refractivity contribution in [1.29, 1.82) is 0 Å². The Morgan fingerprint density at radius 2 is 1.57 bits per heavy atom. The SMILES string of the molecule is CSc1ccccc1NC(=O)COC(=O)c1ccccc1SC. The number of benzene rings is 2. The van der Waals surface area contributed by atoms with E-state index in [-0.39, 0.29) is 12.5 Å². The molecule has 0 fully saturated rings. The van der Waals surface area contributed by atoms with Crippen molar-refractivity contribution in [3.63, 3.8) is 0 Å². The number of thioether (sulfide) groups is 2. The van der Waals surface area contributed by atoms with E-state index in [0.717, 1.165) is 9.79 Å². The molecule has 0 radical (unpaired) electrons. The molecule has 2 aromatic carbocycles. The van der Waals surface area contributed by atoms with E-state index in [4.69, 9.17) is 4.74 Å². The second-order valence-corrected chi connectivity index (χ2v) is 6.22. The molecule has 0 saturated carbocycles. The summed E-state index contributed by atoms with van der Waals surface area (Å²) in [6.45, 7) is -0.315. The largest absolute Gasteiger partial charge is 0.452 e. The Balaban J connectivity index is 1.95. The molecule has 0 aliphatic rings. The predicted molar refractivity (Wildman–Crippen MR) is 95.4 cm³/mol. The summed E-state index contributed by atoms with van der Waals surface area (Å²) < 4.78 is 5.11. The Kier molecular flexibility index (Phi) is 6.55. The molecular weight excluding hydrogens is 330 g/mol. The van der Waals surface area contributed by atoms with Crippen LogP contribution in [-0.4, -0.2) is 31.0 Å². The molecule has 0 spiro atoms. The van der Waals surface area contributed by atoms with Crippen LogP contribution in [0.1, 0.15) is 10.4 Å². The minimum absolute atomic E-state index is 0.315. The average Bonchev–Trinajstić information content (AvgIpc) is 2.60. The lowest BCUT2D eigenvalue weighted by Gasteiger charge is -2.10. The number of carbonyl (C=O) groups excluding carboxylic acids is 2. The van der Waals surface area contributed by atoms with Gasteiger partial charge in [-0.2, -0.15) is 0 Å². The molecular formula is C17H17NO3S2. The lowest BCUT2D eigenvalue weighted by molar-refractivity contribution is -0.119. The molecule has 23 heavy (non-hydrogen) atoms. The smallest absolute Gasteiger partial charge is 0.339 e. The lowest BCUT2D eigenvalue weighted by atomic mass is 10.2. The van der Waals surface area contributed by atoms with Crippen LogP contribution in [0.25, 0.3) is 0 Å². The summed E-state index contributed by atoms with van der Waals surface area (Å²) in [5, 5.41) is 2.75. The molecule has 0 unspecified atom stereocenters. The van der Waals surface area contributed by atoms with Gasteiger partial charge < -0.3 is 10.1 Å². The Labute approximate surface area is 144 Å². The highest BCUT2D eigenvalue weighted by Crippen LogP contribution is 2.24. The van der Waals surface area contributed by atoms with E-state index in [1.54, 1.807) is 12.1 Å². The van der Waals surface area contributed by atoms with E-state index < -0.39 is 5.97 Å². The summed E-state index contributed by atoms with van der Waals surface area (Å²) in [7, 11) is 0. The zero-order valence-electron chi connectivity index (χ0n) is 12.9. The number of rotatable bonds is 6. The van der Waals surface area contributed by atoms with Crippen molar-refractivity contribution in [2.75, 3.05) is 24.4 Å². The first kappa shape index (κ1) is 17.4. The molecule has 0 aliphatic heterocycles. The molecule has 0 saturated heterocycles. The van der Waals surface area contributed by atoms with Crippen molar-refractivity contribution in [2.24, 2.45) is 0 Å². The van der Waals surface area contributed by atoms with Crippen LogP contribution in [0.2, 0.25) is 0 Å². The first-order chi connectivity index (χ1) is 11.2. The third kappa shape index (κ3) is 4.77. The van der Waals surface area contributed by atoms with E-state index >= 15 is 0 Å². The maximum absolute atomic E-state index is 12.1. The summed E-state index contributed by atoms with van der Waals surface area (Å²) in [6, 6.07) is 14.6. The average molecular weight is 347 g/mol. The van der Waals surface area contributed by atoms with Gasteiger partial charge in [0.05, 0.1) is 11.3 Å². The fourth-order valence-electron chi connectivity index (χ4n) is 1.96. The van der Waals surface area contributed by atoms with E-state index in [1.807, 2.05) is 48.9 Å².